The molecular weight excluding hydrogens is 368 g/mol. The van der Waals surface area contributed by atoms with Crippen molar-refractivity contribution < 1.29 is 18.8 Å². The Kier molecular flexibility index (Phi) is 4.60. The van der Waals surface area contributed by atoms with E-state index < -0.39 is 17.8 Å². The molecule has 0 atom stereocenters. The maximum atomic E-state index is 13.0. The van der Waals surface area contributed by atoms with Crippen LogP contribution in [0.25, 0.3) is 17.4 Å². The molecule has 144 valence electrons. The van der Waals surface area contributed by atoms with E-state index in [1.54, 1.807) is 24.3 Å². The second-order valence-corrected chi connectivity index (χ2v) is 6.87. The number of carbonyl (C=O) groups is 3. The van der Waals surface area contributed by atoms with E-state index in [9.17, 15) is 14.4 Å². The number of barbiturate groups is 1. The minimum Gasteiger partial charge on any atom is -0.457 e. The molecule has 1 fully saturated rings. The predicted molar refractivity (Wildman–Crippen MR) is 109 cm³/mol. The van der Waals surface area contributed by atoms with Crippen molar-refractivity contribution in [2.45, 2.75) is 13.8 Å². The molecule has 1 aromatic heterocycles. The largest absolute Gasteiger partial charge is 0.457 e. The Hall–Kier alpha value is -3.93. The molecule has 4 amide bonds. The van der Waals surface area contributed by atoms with Gasteiger partial charge in [0.15, 0.2) is 0 Å². The number of benzene rings is 2. The highest BCUT2D eigenvalue weighted by Crippen LogP contribution is 2.26. The number of imide groups is 2. The third-order valence-electron chi connectivity index (χ3n) is 4.54. The number of urea groups is 1. The van der Waals surface area contributed by atoms with Crippen LogP contribution >= 0.6 is 0 Å². The van der Waals surface area contributed by atoms with Crippen molar-refractivity contribution in [2.24, 2.45) is 0 Å². The van der Waals surface area contributed by atoms with E-state index in [-0.39, 0.29) is 5.57 Å². The van der Waals surface area contributed by atoms with E-state index >= 15 is 0 Å². The van der Waals surface area contributed by atoms with Crippen LogP contribution in [0, 0.1) is 13.8 Å². The zero-order chi connectivity index (χ0) is 20.5. The van der Waals surface area contributed by atoms with Crippen molar-refractivity contribution in [3.8, 4) is 11.3 Å². The van der Waals surface area contributed by atoms with Crippen molar-refractivity contribution in [3.05, 3.63) is 83.1 Å². The summed E-state index contributed by atoms with van der Waals surface area (Å²) in [6.07, 6.45) is 1.35. The SMILES string of the molecule is Cc1cc(C)cc(N2C(=O)NC(=O)/C(=C/c3ccc(-c4ccccc4)o3)C2=O)c1. The highest BCUT2D eigenvalue weighted by molar-refractivity contribution is 6.39. The Morgan fingerprint density at radius 3 is 2.28 bits per heavy atom. The van der Waals surface area contributed by atoms with E-state index in [1.165, 1.54) is 6.08 Å². The van der Waals surface area contributed by atoms with Gasteiger partial charge >= 0.3 is 6.03 Å². The molecule has 0 aliphatic carbocycles. The Balaban J connectivity index is 1.70. The third kappa shape index (κ3) is 3.60. The summed E-state index contributed by atoms with van der Waals surface area (Å²) < 4.78 is 5.76. The van der Waals surface area contributed by atoms with Crippen molar-refractivity contribution in [3.63, 3.8) is 0 Å². The Morgan fingerprint density at radius 1 is 0.897 bits per heavy atom. The minimum absolute atomic E-state index is 0.169. The van der Waals surface area contributed by atoms with Crippen LogP contribution in [-0.4, -0.2) is 17.8 Å². The van der Waals surface area contributed by atoms with Gasteiger partial charge in [-0.15, -0.1) is 0 Å². The zero-order valence-electron chi connectivity index (χ0n) is 15.9. The molecule has 0 saturated carbocycles. The van der Waals surface area contributed by atoms with Gasteiger partial charge in [-0.1, -0.05) is 36.4 Å². The first-order valence-electron chi connectivity index (χ1n) is 9.07. The summed E-state index contributed by atoms with van der Waals surface area (Å²) >= 11 is 0. The van der Waals surface area contributed by atoms with Crippen LogP contribution in [0.5, 0.6) is 0 Å². The fourth-order valence-corrected chi connectivity index (χ4v) is 3.30. The second-order valence-electron chi connectivity index (χ2n) is 6.87. The summed E-state index contributed by atoms with van der Waals surface area (Å²) in [6.45, 7) is 3.75. The summed E-state index contributed by atoms with van der Waals surface area (Å²) in [6, 6.07) is 17.5. The fourth-order valence-electron chi connectivity index (χ4n) is 3.30. The van der Waals surface area contributed by atoms with Gasteiger partial charge in [0.05, 0.1) is 5.69 Å². The molecule has 1 saturated heterocycles. The number of carbonyl (C=O) groups excluding carboxylic acids is 3. The molecule has 4 rings (SSSR count). The van der Waals surface area contributed by atoms with Gasteiger partial charge in [-0.2, -0.15) is 0 Å². The summed E-state index contributed by atoms with van der Waals surface area (Å²) in [7, 11) is 0. The maximum absolute atomic E-state index is 13.0. The van der Waals surface area contributed by atoms with E-state index in [1.807, 2.05) is 50.2 Å². The fraction of sp³-hybridized carbons (Fsp3) is 0.0870. The molecule has 29 heavy (non-hydrogen) atoms. The third-order valence-corrected chi connectivity index (χ3v) is 4.54. The van der Waals surface area contributed by atoms with Crippen molar-refractivity contribution in [2.75, 3.05) is 4.90 Å². The smallest absolute Gasteiger partial charge is 0.335 e. The van der Waals surface area contributed by atoms with Gasteiger partial charge < -0.3 is 4.42 Å². The number of furan rings is 1. The van der Waals surface area contributed by atoms with E-state index in [0.29, 0.717) is 17.2 Å². The molecule has 0 spiro atoms. The van der Waals surface area contributed by atoms with Gasteiger partial charge in [0, 0.05) is 5.56 Å². The lowest BCUT2D eigenvalue weighted by atomic mass is 10.1. The van der Waals surface area contributed by atoms with Gasteiger partial charge in [0.2, 0.25) is 0 Å². The number of nitrogens with zero attached hydrogens (tertiary/aromatic N) is 1. The van der Waals surface area contributed by atoms with Gasteiger partial charge in [-0.3, -0.25) is 14.9 Å². The monoisotopic (exact) mass is 386 g/mol. The normalized spacial score (nSPS) is 15.7. The average molecular weight is 386 g/mol. The van der Waals surface area contributed by atoms with Gasteiger partial charge in [0.1, 0.15) is 17.1 Å². The molecule has 1 aliphatic heterocycles. The highest BCUT2D eigenvalue weighted by atomic mass is 16.3. The zero-order valence-corrected chi connectivity index (χ0v) is 15.9. The van der Waals surface area contributed by atoms with Gasteiger partial charge in [-0.25, -0.2) is 9.69 Å². The molecule has 0 unspecified atom stereocenters. The predicted octanol–water partition coefficient (Wildman–Crippen LogP) is 4.23. The summed E-state index contributed by atoms with van der Waals surface area (Å²) in [4.78, 5) is 38.6. The lowest BCUT2D eigenvalue weighted by Gasteiger charge is -2.26. The number of rotatable bonds is 3. The van der Waals surface area contributed by atoms with Crippen LogP contribution in [0.3, 0.4) is 0 Å². The molecule has 1 aliphatic rings. The maximum Gasteiger partial charge on any atom is 0.335 e. The first-order chi connectivity index (χ1) is 13.9. The molecule has 0 bridgehead atoms. The first-order valence-corrected chi connectivity index (χ1v) is 9.07. The molecule has 2 heterocycles. The number of amides is 4. The molecule has 6 heteroatoms. The topological polar surface area (TPSA) is 79.6 Å². The van der Waals surface area contributed by atoms with Crippen LogP contribution in [-0.2, 0) is 9.59 Å². The molecule has 6 nitrogen and oxygen atoms in total. The highest BCUT2D eigenvalue weighted by Gasteiger charge is 2.37. The second kappa shape index (κ2) is 7.24. The summed E-state index contributed by atoms with van der Waals surface area (Å²) in [5, 5.41) is 2.22. The molecule has 0 radical (unpaired) electrons. The van der Waals surface area contributed by atoms with Gasteiger partial charge in [-0.05, 0) is 55.3 Å². The van der Waals surface area contributed by atoms with Crippen LogP contribution < -0.4 is 10.2 Å². The number of hydrogen-bond acceptors (Lipinski definition) is 4. The number of anilines is 1. The lowest BCUT2D eigenvalue weighted by molar-refractivity contribution is -0.122. The van der Waals surface area contributed by atoms with E-state index in [0.717, 1.165) is 21.6 Å². The Morgan fingerprint density at radius 2 is 1.59 bits per heavy atom. The van der Waals surface area contributed by atoms with Crippen molar-refractivity contribution in [1.29, 1.82) is 0 Å². The first kappa shape index (κ1) is 18.4. The quantitative estimate of drug-likeness (QED) is 0.540. The Bertz CT molecular complexity index is 1140. The molecule has 1 N–H and O–H groups in total. The Labute approximate surface area is 167 Å². The standard InChI is InChI=1S/C23H18N2O4/c1-14-10-15(2)12-17(11-14)25-22(27)19(21(26)24-23(25)28)13-18-8-9-20(29-18)16-6-4-3-5-7-16/h3-13H,1-2H3,(H,24,26,28)/b19-13-. The van der Waals surface area contributed by atoms with Crippen molar-refractivity contribution >= 4 is 29.6 Å². The lowest BCUT2D eigenvalue weighted by Crippen LogP contribution is -2.54. The average Bonchev–Trinajstić information content (AvgIpc) is 3.14. The summed E-state index contributed by atoms with van der Waals surface area (Å²) in [5.74, 6) is -0.486. The van der Waals surface area contributed by atoms with Crippen LogP contribution in [0.2, 0.25) is 0 Å². The van der Waals surface area contributed by atoms with Crippen LogP contribution in [0.15, 0.2) is 70.7 Å². The van der Waals surface area contributed by atoms with Crippen LogP contribution in [0.1, 0.15) is 16.9 Å². The molecule has 2 aromatic carbocycles. The van der Waals surface area contributed by atoms with E-state index in [2.05, 4.69) is 5.32 Å². The molecule has 3 aromatic rings. The van der Waals surface area contributed by atoms with E-state index in [4.69, 9.17) is 4.42 Å². The van der Waals surface area contributed by atoms with Crippen LogP contribution in [0.4, 0.5) is 10.5 Å². The number of aryl methyl sites for hydroxylation is 2. The number of hydrogen-bond donors (Lipinski definition) is 1. The van der Waals surface area contributed by atoms with Crippen molar-refractivity contribution in [1.82, 2.24) is 5.32 Å². The van der Waals surface area contributed by atoms with Gasteiger partial charge in [0.25, 0.3) is 11.8 Å². The number of nitrogens with one attached hydrogen (secondary N) is 1. The minimum atomic E-state index is -0.772. The summed E-state index contributed by atoms with van der Waals surface area (Å²) in [5.41, 5.74) is 2.93. The molecular formula is C23H18N2O4.